The van der Waals surface area contributed by atoms with Crippen LogP contribution in [0.25, 0.3) is 0 Å². The van der Waals surface area contributed by atoms with Crippen molar-refractivity contribution in [1.29, 1.82) is 0 Å². The molecule has 0 rings (SSSR count). The minimum Gasteiger partial charge on any atom is -0.316 e. The number of rotatable bonds is 7. The highest BCUT2D eigenvalue weighted by Crippen LogP contribution is 1.96. The molecule has 0 aliphatic rings. The first-order valence-electron chi connectivity index (χ1n) is 5.12. The van der Waals surface area contributed by atoms with E-state index in [1.165, 1.54) is 0 Å². The molecule has 0 aromatic carbocycles. The first-order chi connectivity index (χ1) is 6.04. The molecule has 2 nitrogen and oxygen atoms in total. The smallest absolute Gasteiger partial charge is 0.0291 e. The second-order valence-corrected chi connectivity index (χ2v) is 6.20. The summed E-state index contributed by atoms with van der Waals surface area (Å²) in [5.74, 6) is 1.54. The first-order valence-corrected chi connectivity index (χ1v) is 6.50. The van der Waals surface area contributed by atoms with Crippen LogP contribution in [0.2, 0.25) is 0 Å². The Morgan fingerprint density at radius 2 is 1.85 bits per heavy atom. The summed E-state index contributed by atoms with van der Waals surface area (Å²) in [6, 6.07) is 0. The summed E-state index contributed by atoms with van der Waals surface area (Å²) in [7, 11) is -0.626. The zero-order chi connectivity index (χ0) is 10.3. The van der Waals surface area contributed by atoms with Gasteiger partial charge >= 0.3 is 0 Å². The largest absolute Gasteiger partial charge is 0.316 e. The van der Waals surface area contributed by atoms with Crippen molar-refractivity contribution < 1.29 is 4.21 Å². The fourth-order valence-corrected chi connectivity index (χ4v) is 1.87. The summed E-state index contributed by atoms with van der Waals surface area (Å²) >= 11 is 0. The third kappa shape index (κ3) is 8.44. The van der Waals surface area contributed by atoms with Crippen LogP contribution in [0.5, 0.6) is 0 Å². The van der Waals surface area contributed by atoms with Crippen molar-refractivity contribution in [3.05, 3.63) is 0 Å². The third-order valence-corrected chi connectivity index (χ3v) is 3.52. The van der Waals surface area contributed by atoms with E-state index in [4.69, 9.17) is 0 Å². The molecule has 80 valence electrons. The molecule has 3 heteroatoms. The van der Waals surface area contributed by atoms with Crippen LogP contribution in [0.15, 0.2) is 0 Å². The lowest BCUT2D eigenvalue weighted by atomic mass is 10.2. The van der Waals surface area contributed by atoms with E-state index in [-0.39, 0.29) is 0 Å². The van der Waals surface area contributed by atoms with Crippen LogP contribution in [0.4, 0.5) is 0 Å². The van der Waals surface area contributed by atoms with Crippen molar-refractivity contribution in [2.75, 3.05) is 18.8 Å². The standard InChI is InChI=1S/C10H23NOS/c1-9(2)8-11-6-5-7-13(12)10(3)4/h9-11H,5-8H2,1-4H3. The molecular weight excluding hydrogens is 182 g/mol. The van der Waals surface area contributed by atoms with Gasteiger partial charge in [0, 0.05) is 21.8 Å². The van der Waals surface area contributed by atoms with E-state index < -0.39 is 10.8 Å². The summed E-state index contributed by atoms with van der Waals surface area (Å²) in [5.41, 5.74) is 0. The topological polar surface area (TPSA) is 29.1 Å². The molecule has 0 aliphatic heterocycles. The highest BCUT2D eigenvalue weighted by atomic mass is 32.2. The summed E-state index contributed by atoms with van der Waals surface area (Å²) in [6.07, 6.45) is 1.03. The molecular formula is C10H23NOS. The molecule has 0 saturated carbocycles. The Labute approximate surface area is 84.9 Å². The summed E-state index contributed by atoms with van der Waals surface area (Å²) < 4.78 is 11.3. The molecule has 1 N–H and O–H groups in total. The molecule has 1 atom stereocenters. The minimum atomic E-state index is -0.626. The lowest BCUT2D eigenvalue weighted by Gasteiger charge is -2.08. The van der Waals surface area contributed by atoms with E-state index in [0.29, 0.717) is 11.2 Å². The monoisotopic (exact) mass is 205 g/mol. The molecule has 0 amide bonds. The van der Waals surface area contributed by atoms with Crippen LogP contribution in [0.3, 0.4) is 0 Å². The Balaban J connectivity index is 3.21. The van der Waals surface area contributed by atoms with Crippen molar-refractivity contribution in [2.24, 2.45) is 5.92 Å². The summed E-state index contributed by atoms with van der Waals surface area (Å²) in [5, 5.41) is 3.65. The van der Waals surface area contributed by atoms with Crippen molar-refractivity contribution in [2.45, 2.75) is 39.4 Å². The quantitative estimate of drug-likeness (QED) is 0.642. The second-order valence-electron chi connectivity index (χ2n) is 4.09. The maximum atomic E-state index is 11.3. The molecule has 0 fully saturated rings. The Kier molecular flexibility index (Phi) is 7.57. The van der Waals surface area contributed by atoms with E-state index in [1.807, 2.05) is 13.8 Å². The molecule has 0 saturated heterocycles. The van der Waals surface area contributed by atoms with Gasteiger partial charge in [-0.2, -0.15) is 0 Å². The zero-order valence-corrected chi connectivity index (χ0v) is 10.1. The van der Waals surface area contributed by atoms with Crippen LogP contribution in [-0.2, 0) is 10.8 Å². The minimum absolute atomic E-state index is 0.310. The Morgan fingerprint density at radius 3 is 2.31 bits per heavy atom. The van der Waals surface area contributed by atoms with Crippen LogP contribution < -0.4 is 5.32 Å². The average Bonchev–Trinajstić information content (AvgIpc) is 2.02. The van der Waals surface area contributed by atoms with Gasteiger partial charge in [0.1, 0.15) is 0 Å². The normalized spacial score (nSPS) is 14.0. The van der Waals surface area contributed by atoms with Crippen LogP contribution in [0, 0.1) is 5.92 Å². The summed E-state index contributed by atoms with van der Waals surface area (Å²) in [4.78, 5) is 0. The molecule has 13 heavy (non-hydrogen) atoms. The van der Waals surface area contributed by atoms with Crippen molar-refractivity contribution in [3.63, 3.8) is 0 Å². The predicted molar refractivity (Wildman–Crippen MR) is 60.5 cm³/mol. The van der Waals surface area contributed by atoms with E-state index >= 15 is 0 Å². The van der Waals surface area contributed by atoms with Gasteiger partial charge in [0.05, 0.1) is 0 Å². The molecule has 0 aliphatic carbocycles. The Morgan fingerprint density at radius 1 is 1.23 bits per heavy atom. The summed E-state index contributed by atoms with van der Waals surface area (Å²) in [6.45, 7) is 10.5. The highest BCUT2D eigenvalue weighted by molar-refractivity contribution is 7.85. The van der Waals surface area contributed by atoms with E-state index in [9.17, 15) is 4.21 Å². The molecule has 0 aromatic heterocycles. The maximum absolute atomic E-state index is 11.3. The van der Waals surface area contributed by atoms with Gasteiger partial charge in [0.15, 0.2) is 0 Å². The van der Waals surface area contributed by atoms with Gasteiger partial charge in [0.2, 0.25) is 0 Å². The van der Waals surface area contributed by atoms with Gasteiger partial charge in [0.25, 0.3) is 0 Å². The lowest BCUT2D eigenvalue weighted by molar-refractivity contribution is 0.550. The third-order valence-electron chi connectivity index (χ3n) is 1.78. The molecule has 0 spiro atoms. The molecule has 1 unspecified atom stereocenters. The number of nitrogens with one attached hydrogen (secondary N) is 1. The zero-order valence-electron chi connectivity index (χ0n) is 9.30. The fraction of sp³-hybridized carbons (Fsp3) is 1.00. The van der Waals surface area contributed by atoms with Gasteiger partial charge in [-0.3, -0.25) is 4.21 Å². The van der Waals surface area contributed by atoms with Gasteiger partial charge in [-0.15, -0.1) is 0 Å². The van der Waals surface area contributed by atoms with Gasteiger partial charge < -0.3 is 5.32 Å². The van der Waals surface area contributed by atoms with Gasteiger partial charge in [-0.25, -0.2) is 0 Å². The molecule has 0 bridgehead atoms. The van der Waals surface area contributed by atoms with Gasteiger partial charge in [-0.05, 0) is 25.4 Å². The van der Waals surface area contributed by atoms with Crippen molar-refractivity contribution >= 4 is 10.8 Å². The lowest BCUT2D eigenvalue weighted by Crippen LogP contribution is -2.22. The van der Waals surface area contributed by atoms with Crippen molar-refractivity contribution in [1.82, 2.24) is 5.32 Å². The van der Waals surface area contributed by atoms with Gasteiger partial charge in [-0.1, -0.05) is 27.7 Å². The van der Waals surface area contributed by atoms with Crippen molar-refractivity contribution in [3.8, 4) is 0 Å². The van der Waals surface area contributed by atoms with E-state index in [2.05, 4.69) is 19.2 Å². The van der Waals surface area contributed by atoms with Crippen LogP contribution in [0.1, 0.15) is 34.1 Å². The molecule has 0 heterocycles. The number of hydrogen-bond donors (Lipinski definition) is 1. The second kappa shape index (κ2) is 7.51. The van der Waals surface area contributed by atoms with E-state index in [1.54, 1.807) is 0 Å². The number of hydrogen-bond acceptors (Lipinski definition) is 2. The predicted octanol–water partition coefficient (Wildman–Crippen LogP) is 1.78. The SMILES string of the molecule is CC(C)CNCCCS(=O)C(C)C. The maximum Gasteiger partial charge on any atom is 0.0291 e. The Bertz CT molecular complexity index is 146. The van der Waals surface area contributed by atoms with Crippen LogP contribution >= 0.6 is 0 Å². The molecule has 0 aromatic rings. The van der Waals surface area contributed by atoms with E-state index in [0.717, 1.165) is 25.3 Å². The first kappa shape index (κ1) is 13.1. The molecule has 0 radical (unpaired) electrons. The average molecular weight is 205 g/mol. The van der Waals surface area contributed by atoms with Crippen LogP contribution in [-0.4, -0.2) is 28.3 Å². The highest BCUT2D eigenvalue weighted by Gasteiger charge is 2.03. The Hall–Kier alpha value is 0.110. The fourth-order valence-electron chi connectivity index (χ4n) is 0.966.